The molecule has 1 N–H and O–H groups in total. The summed E-state index contributed by atoms with van der Waals surface area (Å²) in [5.41, 5.74) is 0.654. The molecule has 0 bridgehead atoms. The summed E-state index contributed by atoms with van der Waals surface area (Å²) in [5, 5.41) is 5.13. The lowest BCUT2D eigenvalue weighted by atomic mass is 9.94. The number of nitrogens with zero attached hydrogens (tertiary/aromatic N) is 1. The first-order valence-corrected chi connectivity index (χ1v) is 11.9. The van der Waals surface area contributed by atoms with Gasteiger partial charge in [-0.15, -0.1) is 22.9 Å². The van der Waals surface area contributed by atoms with E-state index in [0.717, 1.165) is 30.6 Å². The molecule has 1 saturated carbocycles. The Morgan fingerprint density at radius 1 is 1.16 bits per heavy atom. The van der Waals surface area contributed by atoms with Gasteiger partial charge in [0.15, 0.2) is 11.5 Å². The maximum atomic E-state index is 13.5. The minimum atomic E-state index is -0.824. The van der Waals surface area contributed by atoms with Crippen LogP contribution in [0.15, 0.2) is 35.7 Å². The molecule has 6 nitrogen and oxygen atoms in total. The quantitative estimate of drug-likeness (QED) is 0.554. The van der Waals surface area contributed by atoms with Crippen LogP contribution in [0.5, 0.6) is 11.5 Å². The molecule has 8 heteroatoms. The van der Waals surface area contributed by atoms with E-state index in [1.165, 1.54) is 17.8 Å². The Kier molecular flexibility index (Phi) is 8.60. The molecular formula is C23H29ClN2O4S. The minimum Gasteiger partial charge on any atom is -0.493 e. The molecule has 1 atom stereocenters. The maximum Gasteiger partial charge on any atom is 0.247 e. The summed E-state index contributed by atoms with van der Waals surface area (Å²) < 4.78 is 10.8. The van der Waals surface area contributed by atoms with Crippen LogP contribution in [-0.4, -0.2) is 42.9 Å². The zero-order chi connectivity index (χ0) is 22.2. The van der Waals surface area contributed by atoms with Crippen molar-refractivity contribution in [2.24, 2.45) is 0 Å². The monoisotopic (exact) mass is 464 g/mol. The smallest absolute Gasteiger partial charge is 0.247 e. The second kappa shape index (κ2) is 11.4. The molecule has 2 aromatic rings. The van der Waals surface area contributed by atoms with Crippen molar-refractivity contribution < 1.29 is 19.1 Å². The zero-order valence-corrected chi connectivity index (χ0v) is 19.5. The van der Waals surface area contributed by atoms with Gasteiger partial charge in [-0.1, -0.05) is 31.4 Å². The third-order valence-corrected chi connectivity index (χ3v) is 6.67. The molecule has 1 aromatic carbocycles. The van der Waals surface area contributed by atoms with Gasteiger partial charge in [0.25, 0.3) is 0 Å². The maximum absolute atomic E-state index is 13.5. The molecule has 3 rings (SSSR count). The third-order valence-electron chi connectivity index (χ3n) is 5.58. The lowest BCUT2D eigenvalue weighted by molar-refractivity contribution is -0.140. The number of hydrogen-bond acceptors (Lipinski definition) is 5. The molecule has 1 aliphatic rings. The Hall–Kier alpha value is -2.25. The highest BCUT2D eigenvalue weighted by molar-refractivity contribution is 7.09. The molecule has 1 fully saturated rings. The molecular weight excluding hydrogens is 436 g/mol. The van der Waals surface area contributed by atoms with E-state index in [2.05, 4.69) is 5.32 Å². The predicted molar refractivity (Wildman–Crippen MR) is 123 cm³/mol. The van der Waals surface area contributed by atoms with E-state index in [-0.39, 0.29) is 23.7 Å². The molecule has 2 amide bonds. The van der Waals surface area contributed by atoms with E-state index in [1.54, 1.807) is 37.3 Å². The van der Waals surface area contributed by atoms with Crippen LogP contribution in [0, 0.1) is 0 Å². The Bertz CT molecular complexity index is 868. The SMILES string of the molecule is COc1ccc([C@@H](C(=O)NC2CCCCC2)N(Cc2cccs2)C(=O)CCl)cc1OC. The van der Waals surface area contributed by atoms with E-state index < -0.39 is 6.04 Å². The summed E-state index contributed by atoms with van der Waals surface area (Å²) in [5.74, 6) is 0.366. The van der Waals surface area contributed by atoms with Crippen LogP contribution in [0.3, 0.4) is 0 Å². The molecule has 0 saturated heterocycles. The number of carbonyl (C=O) groups excluding carboxylic acids is 2. The van der Waals surface area contributed by atoms with Crippen LogP contribution in [0.25, 0.3) is 0 Å². The summed E-state index contributed by atoms with van der Waals surface area (Å²) in [4.78, 5) is 29.0. The molecule has 1 heterocycles. The Morgan fingerprint density at radius 2 is 1.90 bits per heavy atom. The second-order valence-electron chi connectivity index (χ2n) is 7.60. The van der Waals surface area contributed by atoms with Gasteiger partial charge in [0.1, 0.15) is 11.9 Å². The van der Waals surface area contributed by atoms with Gasteiger partial charge >= 0.3 is 0 Å². The van der Waals surface area contributed by atoms with Gasteiger partial charge in [0.05, 0.1) is 20.8 Å². The van der Waals surface area contributed by atoms with Crippen LogP contribution in [0.2, 0.25) is 0 Å². The average molecular weight is 465 g/mol. The van der Waals surface area contributed by atoms with Crippen LogP contribution in [-0.2, 0) is 16.1 Å². The van der Waals surface area contributed by atoms with E-state index >= 15 is 0 Å². The van der Waals surface area contributed by atoms with Gasteiger partial charge in [-0.2, -0.15) is 0 Å². The first-order valence-electron chi connectivity index (χ1n) is 10.5. The number of methoxy groups -OCH3 is 2. The van der Waals surface area contributed by atoms with Gasteiger partial charge < -0.3 is 19.7 Å². The number of thiophene rings is 1. The molecule has 31 heavy (non-hydrogen) atoms. The van der Waals surface area contributed by atoms with Gasteiger partial charge in [-0.05, 0) is 42.0 Å². The van der Waals surface area contributed by atoms with E-state index in [9.17, 15) is 9.59 Å². The Balaban J connectivity index is 1.98. The van der Waals surface area contributed by atoms with Crippen LogP contribution >= 0.6 is 22.9 Å². The lowest BCUT2D eigenvalue weighted by Crippen LogP contribution is -2.47. The summed E-state index contributed by atoms with van der Waals surface area (Å²) in [6.45, 7) is 0.306. The van der Waals surface area contributed by atoms with Crippen molar-refractivity contribution in [3.05, 3.63) is 46.2 Å². The number of rotatable bonds is 9. The fourth-order valence-electron chi connectivity index (χ4n) is 3.99. The van der Waals surface area contributed by atoms with Crippen molar-refractivity contribution in [1.29, 1.82) is 0 Å². The van der Waals surface area contributed by atoms with Crippen molar-refractivity contribution in [1.82, 2.24) is 10.2 Å². The molecule has 0 unspecified atom stereocenters. The summed E-state index contributed by atoms with van der Waals surface area (Å²) >= 11 is 7.50. The highest BCUT2D eigenvalue weighted by Gasteiger charge is 2.33. The topological polar surface area (TPSA) is 67.9 Å². The summed E-state index contributed by atoms with van der Waals surface area (Å²) in [6, 6.07) is 8.49. The van der Waals surface area contributed by atoms with Crippen molar-refractivity contribution in [3.8, 4) is 11.5 Å². The number of alkyl halides is 1. The van der Waals surface area contributed by atoms with Crippen LogP contribution < -0.4 is 14.8 Å². The highest BCUT2D eigenvalue weighted by atomic mass is 35.5. The van der Waals surface area contributed by atoms with Gasteiger partial charge in [0, 0.05) is 10.9 Å². The average Bonchev–Trinajstić information content (AvgIpc) is 3.31. The molecule has 0 aliphatic heterocycles. The number of hydrogen-bond donors (Lipinski definition) is 1. The number of carbonyl (C=O) groups is 2. The predicted octanol–water partition coefficient (Wildman–Crippen LogP) is 4.52. The van der Waals surface area contributed by atoms with Crippen LogP contribution in [0.4, 0.5) is 0 Å². The minimum absolute atomic E-state index is 0.124. The first kappa shape index (κ1) is 23.4. The van der Waals surface area contributed by atoms with Gasteiger partial charge in [-0.3, -0.25) is 9.59 Å². The summed E-state index contributed by atoms with van der Waals surface area (Å²) in [7, 11) is 3.11. The fourth-order valence-corrected chi connectivity index (χ4v) is 4.85. The van der Waals surface area contributed by atoms with Crippen molar-refractivity contribution in [2.75, 3.05) is 20.1 Å². The first-order chi connectivity index (χ1) is 15.1. The van der Waals surface area contributed by atoms with Crippen LogP contribution in [0.1, 0.15) is 48.6 Å². The normalized spacial score (nSPS) is 15.2. The van der Waals surface area contributed by atoms with Gasteiger partial charge in [0.2, 0.25) is 11.8 Å². The molecule has 0 radical (unpaired) electrons. The summed E-state index contributed by atoms with van der Waals surface area (Å²) in [6.07, 6.45) is 5.31. The third kappa shape index (κ3) is 5.92. The molecule has 0 spiro atoms. The number of benzene rings is 1. The fraction of sp³-hybridized carbons (Fsp3) is 0.478. The molecule has 1 aliphatic carbocycles. The van der Waals surface area contributed by atoms with Crippen molar-refractivity contribution >= 4 is 34.8 Å². The Morgan fingerprint density at radius 3 is 2.52 bits per heavy atom. The second-order valence-corrected chi connectivity index (χ2v) is 8.89. The number of halogens is 1. The standard InChI is InChI=1S/C23H29ClN2O4S/c1-29-19-11-10-16(13-20(19)30-2)22(23(28)25-17-7-4-3-5-8-17)26(21(27)14-24)15-18-9-6-12-31-18/h6,9-13,17,22H,3-5,7-8,14-15H2,1-2H3,(H,25,28)/t22-/m0/s1. The van der Waals surface area contributed by atoms with E-state index in [1.807, 2.05) is 17.5 Å². The van der Waals surface area contributed by atoms with Crippen molar-refractivity contribution in [3.63, 3.8) is 0 Å². The molecule has 168 valence electrons. The van der Waals surface area contributed by atoms with E-state index in [4.69, 9.17) is 21.1 Å². The highest BCUT2D eigenvalue weighted by Crippen LogP contribution is 2.33. The number of amides is 2. The van der Waals surface area contributed by atoms with Gasteiger partial charge in [-0.25, -0.2) is 0 Å². The number of ether oxygens (including phenoxy) is 2. The lowest BCUT2D eigenvalue weighted by Gasteiger charge is -2.33. The molecule has 1 aromatic heterocycles. The zero-order valence-electron chi connectivity index (χ0n) is 17.9. The largest absolute Gasteiger partial charge is 0.493 e. The number of nitrogens with one attached hydrogen (secondary N) is 1. The Labute approximate surface area is 192 Å². The van der Waals surface area contributed by atoms with Crippen molar-refractivity contribution in [2.45, 2.75) is 50.7 Å². The van der Waals surface area contributed by atoms with E-state index in [0.29, 0.717) is 23.6 Å².